The fourth-order valence-electron chi connectivity index (χ4n) is 2.35. The van der Waals surface area contributed by atoms with Crippen molar-refractivity contribution in [1.82, 2.24) is 4.57 Å². The van der Waals surface area contributed by atoms with Crippen molar-refractivity contribution in [1.29, 1.82) is 0 Å². The zero-order valence-corrected chi connectivity index (χ0v) is 12.9. The molecule has 0 aliphatic carbocycles. The second-order valence-electron chi connectivity index (χ2n) is 4.57. The first-order chi connectivity index (χ1) is 10.4. The number of carbonyl (C=O) groups is 1. The van der Waals surface area contributed by atoms with Gasteiger partial charge in [-0.2, -0.15) is 0 Å². The van der Waals surface area contributed by atoms with E-state index in [9.17, 15) is 23.1 Å². The molecular weight excluding hydrogens is 410 g/mol. The second kappa shape index (κ2) is 5.31. The van der Waals surface area contributed by atoms with E-state index in [0.29, 0.717) is 15.2 Å². The standard InChI is InChI=1S/C15H7F3INO2/c16-8-3-1-7(2-4-8)13-12(19)10-5-9(17)6-11(18)14(10)20(13)15(21)22/h1-6H,(H,21,22). The summed E-state index contributed by atoms with van der Waals surface area (Å²) >= 11 is 1.83. The topological polar surface area (TPSA) is 42.2 Å². The molecule has 0 fully saturated rings. The van der Waals surface area contributed by atoms with Crippen molar-refractivity contribution in [3.8, 4) is 11.3 Å². The van der Waals surface area contributed by atoms with Crippen LogP contribution in [0.1, 0.15) is 0 Å². The molecule has 3 rings (SSSR count). The van der Waals surface area contributed by atoms with Crippen molar-refractivity contribution < 1.29 is 23.1 Å². The zero-order chi connectivity index (χ0) is 16.0. The predicted molar refractivity (Wildman–Crippen MR) is 83.4 cm³/mol. The average Bonchev–Trinajstić information content (AvgIpc) is 2.74. The maximum atomic E-state index is 14.1. The highest BCUT2D eigenvalue weighted by Gasteiger charge is 2.24. The molecule has 0 aliphatic heterocycles. The maximum absolute atomic E-state index is 14.1. The lowest BCUT2D eigenvalue weighted by Gasteiger charge is -2.06. The summed E-state index contributed by atoms with van der Waals surface area (Å²) in [5, 5.41) is 9.56. The van der Waals surface area contributed by atoms with E-state index >= 15 is 0 Å². The van der Waals surface area contributed by atoms with Crippen LogP contribution in [0.5, 0.6) is 0 Å². The Morgan fingerprint density at radius 2 is 1.68 bits per heavy atom. The third kappa shape index (κ3) is 2.25. The van der Waals surface area contributed by atoms with Gasteiger partial charge >= 0.3 is 6.09 Å². The van der Waals surface area contributed by atoms with E-state index in [0.717, 1.165) is 10.6 Å². The van der Waals surface area contributed by atoms with Crippen molar-refractivity contribution in [2.24, 2.45) is 0 Å². The maximum Gasteiger partial charge on any atom is 0.416 e. The van der Waals surface area contributed by atoms with Crippen LogP contribution in [0.3, 0.4) is 0 Å². The Kier molecular flexibility index (Phi) is 3.59. The summed E-state index contributed by atoms with van der Waals surface area (Å²) in [6.07, 6.45) is -1.40. The minimum absolute atomic E-state index is 0.153. The molecule has 3 nitrogen and oxygen atoms in total. The molecular formula is C15H7F3INO2. The van der Waals surface area contributed by atoms with E-state index in [4.69, 9.17) is 0 Å². The van der Waals surface area contributed by atoms with Gasteiger partial charge < -0.3 is 5.11 Å². The summed E-state index contributed by atoms with van der Waals surface area (Å²) in [4.78, 5) is 11.6. The number of fused-ring (bicyclic) bond motifs is 1. The van der Waals surface area contributed by atoms with Gasteiger partial charge in [0, 0.05) is 20.6 Å². The second-order valence-corrected chi connectivity index (χ2v) is 5.65. The lowest BCUT2D eigenvalue weighted by molar-refractivity contribution is 0.197. The Morgan fingerprint density at radius 1 is 1.05 bits per heavy atom. The Labute approximate surface area is 136 Å². The molecule has 22 heavy (non-hydrogen) atoms. The van der Waals surface area contributed by atoms with Gasteiger partial charge in [0.2, 0.25) is 0 Å². The van der Waals surface area contributed by atoms with Crippen molar-refractivity contribution in [2.75, 3.05) is 0 Å². The van der Waals surface area contributed by atoms with E-state index < -0.39 is 23.5 Å². The first-order valence-electron chi connectivity index (χ1n) is 6.08. The smallest absolute Gasteiger partial charge is 0.416 e. The summed E-state index contributed by atoms with van der Waals surface area (Å²) < 4.78 is 41.7. The van der Waals surface area contributed by atoms with E-state index in [-0.39, 0.29) is 16.6 Å². The fourth-order valence-corrected chi connectivity index (χ4v) is 3.32. The lowest BCUT2D eigenvalue weighted by Crippen LogP contribution is -2.10. The van der Waals surface area contributed by atoms with Gasteiger partial charge in [0.25, 0.3) is 0 Å². The van der Waals surface area contributed by atoms with Gasteiger partial charge in [0.1, 0.15) is 11.6 Å². The number of hydrogen-bond donors (Lipinski definition) is 1. The zero-order valence-electron chi connectivity index (χ0n) is 10.8. The molecule has 0 radical (unpaired) electrons. The van der Waals surface area contributed by atoms with Crippen LogP contribution in [0.25, 0.3) is 22.2 Å². The van der Waals surface area contributed by atoms with Crippen LogP contribution in [0.4, 0.5) is 18.0 Å². The van der Waals surface area contributed by atoms with Gasteiger partial charge in [0.15, 0.2) is 5.82 Å². The SMILES string of the molecule is O=C(O)n1c(-c2ccc(F)cc2)c(I)c2cc(F)cc(F)c21. The molecule has 0 saturated heterocycles. The van der Waals surface area contributed by atoms with Gasteiger partial charge in [-0.1, -0.05) is 0 Å². The minimum Gasteiger partial charge on any atom is -0.464 e. The number of nitrogens with zero attached hydrogens (tertiary/aromatic N) is 1. The van der Waals surface area contributed by atoms with Gasteiger partial charge in [0.05, 0.1) is 11.2 Å². The molecule has 0 aliphatic rings. The highest BCUT2D eigenvalue weighted by atomic mass is 127. The van der Waals surface area contributed by atoms with Gasteiger partial charge in [-0.3, -0.25) is 0 Å². The van der Waals surface area contributed by atoms with Crippen LogP contribution < -0.4 is 0 Å². The molecule has 3 aromatic rings. The number of aromatic nitrogens is 1. The van der Waals surface area contributed by atoms with E-state index in [1.165, 1.54) is 24.3 Å². The molecule has 0 unspecified atom stereocenters. The van der Waals surface area contributed by atoms with Crippen LogP contribution >= 0.6 is 22.6 Å². The Balaban J connectivity index is 2.46. The van der Waals surface area contributed by atoms with Crippen LogP contribution in [-0.4, -0.2) is 15.8 Å². The van der Waals surface area contributed by atoms with Crippen LogP contribution in [0.15, 0.2) is 36.4 Å². The number of hydrogen-bond acceptors (Lipinski definition) is 1. The molecule has 0 spiro atoms. The summed E-state index contributed by atoms with van der Waals surface area (Å²) in [6, 6.07) is 6.83. The van der Waals surface area contributed by atoms with Gasteiger partial charge in [-0.15, -0.1) is 0 Å². The molecule has 112 valence electrons. The number of benzene rings is 2. The van der Waals surface area contributed by atoms with Crippen LogP contribution in [0.2, 0.25) is 0 Å². The Hall–Kier alpha value is -2.03. The molecule has 1 N–H and O–H groups in total. The minimum atomic E-state index is -1.40. The van der Waals surface area contributed by atoms with Gasteiger partial charge in [-0.05, 0) is 52.9 Å². The third-order valence-corrected chi connectivity index (χ3v) is 4.32. The molecule has 0 atom stereocenters. The highest BCUT2D eigenvalue weighted by Crippen LogP contribution is 2.36. The largest absolute Gasteiger partial charge is 0.464 e. The summed E-state index contributed by atoms with van der Waals surface area (Å²) in [6.45, 7) is 0. The molecule has 0 saturated carbocycles. The van der Waals surface area contributed by atoms with Crippen molar-refractivity contribution in [3.05, 3.63) is 57.4 Å². The summed E-state index contributed by atoms with van der Waals surface area (Å²) in [5.74, 6) is -2.24. The number of rotatable bonds is 1. The Bertz CT molecular complexity index is 904. The summed E-state index contributed by atoms with van der Waals surface area (Å²) in [5.41, 5.74) is 0.342. The first kappa shape index (κ1) is 14.9. The molecule has 7 heteroatoms. The van der Waals surface area contributed by atoms with Gasteiger partial charge in [-0.25, -0.2) is 22.5 Å². The summed E-state index contributed by atoms with van der Waals surface area (Å²) in [7, 11) is 0. The monoisotopic (exact) mass is 417 g/mol. The Morgan fingerprint density at radius 3 is 2.27 bits per heavy atom. The fraction of sp³-hybridized carbons (Fsp3) is 0. The number of carboxylic acid groups (broad SMARTS) is 1. The number of halogens is 4. The molecule has 1 heterocycles. The third-order valence-electron chi connectivity index (χ3n) is 3.23. The van der Waals surface area contributed by atoms with Crippen molar-refractivity contribution in [2.45, 2.75) is 0 Å². The average molecular weight is 417 g/mol. The van der Waals surface area contributed by atoms with E-state index in [2.05, 4.69) is 0 Å². The van der Waals surface area contributed by atoms with E-state index in [1.807, 2.05) is 22.6 Å². The quantitative estimate of drug-likeness (QED) is 0.575. The van der Waals surface area contributed by atoms with Crippen LogP contribution in [-0.2, 0) is 0 Å². The lowest BCUT2D eigenvalue weighted by atomic mass is 10.1. The molecule has 0 bridgehead atoms. The first-order valence-corrected chi connectivity index (χ1v) is 7.16. The van der Waals surface area contributed by atoms with Crippen molar-refractivity contribution >= 4 is 39.6 Å². The van der Waals surface area contributed by atoms with E-state index in [1.54, 1.807) is 0 Å². The highest BCUT2D eigenvalue weighted by molar-refractivity contribution is 14.1. The molecule has 0 amide bonds. The predicted octanol–water partition coefficient (Wildman–Crippen LogP) is 4.86. The van der Waals surface area contributed by atoms with Crippen molar-refractivity contribution in [3.63, 3.8) is 0 Å². The molecule has 1 aromatic heterocycles. The molecule has 2 aromatic carbocycles. The normalized spacial score (nSPS) is 11.1. The van der Waals surface area contributed by atoms with Crippen LogP contribution in [0, 0.1) is 21.0 Å².